The Bertz CT molecular complexity index is 884. The molecule has 0 aliphatic rings. The Morgan fingerprint density at radius 3 is 2.77 bits per heavy atom. The summed E-state index contributed by atoms with van der Waals surface area (Å²) in [6, 6.07) is 11.6. The van der Waals surface area contributed by atoms with Crippen LogP contribution in [0.5, 0.6) is 0 Å². The third-order valence-electron chi connectivity index (χ3n) is 3.36. The van der Waals surface area contributed by atoms with Crippen molar-refractivity contribution in [1.82, 2.24) is 9.38 Å². The Balaban J connectivity index is 1.89. The van der Waals surface area contributed by atoms with E-state index in [4.69, 9.17) is 0 Å². The number of nitrogens with one attached hydrogen (secondary N) is 1. The molecular weight excluding hydrogens is 274 g/mol. The van der Waals surface area contributed by atoms with E-state index in [-0.39, 0.29) is 5.91 Å². The van der Waals surface area contributed by atoms with E-state index < -0.39 is 0 Å². The molecule has 1 aromatic carbocycles. The zero-order chi connectivity index (χ0) is 15.5. The number of benzene rings is 1. The third kappa shape index (κ3) is 2.68. The number of fused-ring (bicyclic) bond motifs is 1. The predicted octanol–water partition coefficient (Wildman–Crippen LogP) is 3.59. The standard InChI is InChI=1S/C18H15N3O/c1-3-5-17(22)19-15-9-7-14(8-10-15)16-12-21-11-4-6-13(2)18(21)20-16/h4-12H,1H2,2H3,(H,19,22). The molecule has 0 aliphatic carbocycles. The third-order valence-corrected chi connectivity index (χ3v) is 3.36. The predicted molar refractivity (Wildman–Crippen MR) is 87.7 cm³/mol. The summed E-state index contributed by atoms with van der Waals surface area (Å²) in [5.41, 5.74) is 7.15. The van der Waals surface area contributed by atoms with E-state index in [0.29, 0.717) is 0 Å². The quantitative estimate of drug-likeness (QED) is 0.591. The van der Waals surface area contributed by atoms with E-state index in [1.165, 1.54) is 6.08 Å². The molecule has 0 fully saturated rings. The van der Waals surface area contributed by atoms with Crippen LogP contribution in [0.1, 0.15) is 5.56 Å². The Morgan fingerprint density at radius 2 is 2.09 bits per heavy atom. The van der Waals surface area contributed by atoms with Crippen molar-refractivity contribution in [3.05, 3.63) is 72.7 Å². The number of carbonyl (C=O) groups is 1. The number of aromatic nitrogens is 2. The maximum Gasteiger partial charge on any atom is 0.256 e. The first kappa shape index (κ1) is 13.9. The molecule has 22 heavy (non-hydrogen) atoms. The van der Waals surface area contributed by atoms with Gasteiger partial charge in [-0.15, -0.1) is 5.73 Å². The van der Waals surface area contributed by atoms with Gasteiger partial charge < -0.3 is 9.72 Å². The zero-order valence-corrected chi connectivity index (χ0v) is 12.2. The summed E-state index contributed by atoms with van der Waals surface area (Å²) in [5.74, 6) is -0.244. The molecule has 3 rings (SSSR count). The van der Waals surface area contributed by atoms with Gasteiger partial charge in [0.2, 0.25) is 0 Å². The summed E-state index contributed by atoms with van der Waals surface area (Å²) in [6.07, 6.45) is 5.24. The number of hydrogen-bond acceptors (Lipinski definition) is 2. The number of imidazole rings is 1. The SMILES string of the molecule is C=C=CC(=O)Nc1ccc(-c2cn3cccc(C)c3n2)cc1. The van der Waals surface area contributed by atoms with Gasteiger partial charge in [-0.3, -0.25) is 4.79 Å². The number of carbonyl (C=O) groups excluding carboxylic acids is 1. The molecular formula is C18H15N3O. The van der Waals surface area contributed by atoms with Gasteiger partial charge in [0.05, 0.1) is 5.69 Å². The van der Waals surface area contributed by atoms with Gasteiger partial charge in [0.15, 0.2) is 0 Å². The Morgan fingerprint density at radius 1 is 1.32 bits per heavy atom. The number of nitrogens with zero attached hydrogens (tertiary/aromatic N) is 2. The number of pyridine rings is 1. The van der Waals surface area contributed by atoms with Crippen molar-refractivity contribution in [2.45, 2.75) is 6.92 Å². The average molecular weight is 289 g/mol. The summed E-state index contributed by atoms with van der Waals surface area (Å²) in [5, 5.41) is 2.73. The number of hydrogen-bond donors (Lipinski definition) is 1. The van der Waals surface area contributed by atoms with Crippen LogP contribution < -0.4 is 5.32 Å². The number of rotatable bonds is 3. The molecule has 2 aromatic heterocycles. The second kappa shape index (κ2) is 5.72. The molecule has 1 N–H and O–H groups in total. The number of amides is 1. The maximum atomic E-state index is 11.4. The summed E-state index contributed by atoms with van der Waals surface area (Å²) < 4.78 is 2.01. The van der Waals surface area contributed by atoms with Crippen LogP contribution in [0.3, 0.4) is 0 Å². The first-order valence-electron chi connectivity index (χ1n) is 6.89. The van der Waals surface area contributed by atoms with E-state index in [9.17, 15) is 4.79 Å². The molecule has 0 spiro atoms. The van der Waals surface area contributed by atoms with Crippen LogP contribution in [-0.4, -0.2) is 15.3 Å². The highest BCUT2D eigenvalue weighted by atomic mass is 16.1. The first-order valence-corrected chi connectivity index (χ1v) is 6.89. The molecule has 0 atom stereocenters. The van der Waals surface area contributed by atoms with Crippen molar-refractivity contribution in [3.63, 3.8) is 0 Å². The van der Waals surface area contributed by atoms with E-state index in [0.717, 1.165) is 28.2 Å². The van der Waals surface area contributed by atoms with Crippen LogP contribution in [0.25, 0.3) is 16.9 Å². The van der Waals surface area contributed by atoms with Gasteiger partial charge in [0.25, 0.3) is 5.91 Å². The lowest BCUT2D eigenvalue weighted by molar-refractivity contribution is -0.111. The molecule has 4 heteroatoms. The van der Waals surface area contributed by atoms with E-state index >= 15 is 0 Å². The molecule has 0 radical (unpaired) electrons. The second-order valence-corrected chi connectivity index (χ2v) is 4.96. The van der Waals surface area contributed by atoms with Gasteiger partial charge in [-0.25, -0.2) is 4.98 Å². The number of aryl methyl sites for hydroxylation is 1. The lowest BCUT2D eigenvalue weighted by atomic mass is 10.1. The van der Waals surface area contributed by atoms with Crippen LogP contribution in [0.15, 0.2) is 67.2 Å². The largest absolute Gasteiger partial charge is 0.322 e. The topological polar surface area (TPSA) is 46.4 Å². The van der Waals surface area contributed by atoms with Crippen molar-refractivity contribution in [3.8, 4) is 11.3 Å². The van der Waals surface area contributed by atoms with E-state index in [2.05, 4.69) is 22.6 Å². The van der Waals surface area contributed by atoms with Crippen molar-refractivity contribution >= 4 is 17.2 Å². The minimum absolute atomic E-state index is 0.244. The fourth-order valence-corrected chi connectivity index (χ4v) is 2.29. The van der Waals surface area contributed by atoms with Gasteiger partial charge in [-0.05, 0) is 30.7 Å². The van der Waals surface area contributed by atoms with Crippen molar-refractivity contribution in [1.29, 1.82) is 0 Å². The minimum atomic E-state index is -0.244. The fourth-order valence-electron chi connectivity index (χ4n) is 2.29. The lowest BCUT2D eigenvalue weighted by Gasteiger charge is -2.02. The van der Waals surface area contributed by atoms with Crippen LogP contribution in [0.2, 0.25) is 0 Å². The van der Waals surface area contributed by atoms with Crippen LogP contribution in [0.4, 0.5) is 5.69 Å². The second-order valence-electron chi connectivity index (χ2n) is 4.96. The van der Waals surface area contributed by atoms with Gasteiger partial charge in [0, 0.05) is 29.7 Å². The van der Waals surface area contributed by atoms with Gasteiger partial charge in [-0.2, -0.15) is 0 Å². The van der Waals surface area contributed by atoms with E-state index in [1.54, 1.807) is 0 Å². The van der Waals surface area contributed by atoms with Crippen LogP contribution in [-0.2, 0) is 4.79 Å². The molecule has 1 amide bonds. The van der Waals surface area contributed by atoms with Gasteiger partial charge in [-0.1, -0.05) is 24.8 Å². The van der Waals surface area contributed by atoms with Gasteiger partial charge in [0.1, 0.15) is 5.65 Å². The minimum Gasteiger partial charge on any atom is -0.322 e. The Hall–Kier alpha value is -3.10. The molecule has 0 aliphatic heterocycles. The van der Waals surface area contributed by atoms with Crippen LogP contribution >= 0.6 is 0 Å². The fraction of sp³-hybridized carbons (Fsp3) is 0.0556. The molecule has 2 heterocycles. The lowest BCUT2D eigenvalue weighted by Crippen LogP contribution is -2.06. The van der Waals surface area contributed by atoms with E-state index in [1.807, 2.05) is 60.1 Å². The monoisotopic (exact) mass is 289 g/mol. The molecule has 0 unspecified atom stereocenters. The summed E-state index contributed by atoms with van der Waals surface area (Å²) in [6.45, 7) is 5.41. The molecule has 3 aromatic rings. The number of anilines is 1. The van der Waals surface area contributed by atoms with Crippen molar-refractivity contribution < 1.29 is 4.79 Å². The van der Waals surface area contributed by atoms with Gasteiger partial charge >= 0.3 is 0 Å². The highest BCUT2D eigenvalue weighted by Crippen LogP contribution is 2.22. The van der Waals surface area contributed by atoms with Crippen molar-refractivity contribution in [2.24, 2.45) is 0 Å². The zero-order valence-electron chi connectivity index (χ0n) is 12.2. The van der Waals surface area contributed by atoms with Crippen molar-refractivity contribution in [2.75, 3.05) is 5.32 Å². The molecule has 0 bridgehead atoms. The molecule has 0 saturated heterocycles. The maximum absolute atomic E-state index is 11.4. The molecule has 4 nitrogen and oxygen atoms in total. The normalized spacial score (nSPS) is 10.2. The summed E-state index contributed by atoms with van der Waals surface area (Å²) in [7, 11) is 0. The summed E-state index contributed by atoms with van der Waals surface area (Å²) >= 11 is 0. The summed E-state index contributed by atoms with van der Waals surface area (Å²) in [4.78, 5) is 16.1. The first-order chi connectivity index (χ1) is 10.7. The Labute approximate surface area is 128 Å². The average Bonchev–Trinajstić information content (AvgIpc) is 2.94. The molecule has 0 saturated carbocycles. The Kier molecular flexibility index (Phi) is 3.60. The van der Waals surface area contributed by atoms with Crippen LogP contribution in [0, 0.1) is 6.92 Å². The smallest absolute Gasteiger partial charge is 0.256 e. The highest BCUT2D eigenvalue weighted by Gasteiger charge is 2.06. The molecule has 108 valence electrons. The highest BCUT2D eigenvalue weighted by molar-refractivity contribution is 5.99.